The van der Waals surface area contributed by atoms with Crippen molar-refractivity contribution in [2.75, 3.05) is 12.0 Å². The van der Waals surface area contributed by atoms with Gasteiger partial charge in [-0.05, 0) is 19.1 Å². The lowest BCUT2D eigenvalue weighted by Gasteiger charge is -2.26. The van der Waals surface area contributed by atoms with Gasteiger partial charge in [-0.3, -0.25) is 4.79 Å². The fraction of sp³-hybridized carbons (Fsp3) is 0.900. The summed E-state index contributed by atoms with van der Waals surface area (Å²) in [6.45, 7) is 0. The standard InChI is InChI=1S/C10H14ClF6NOS2/c1-20-6(10(15,16)17)2-3-8(11,7(18)19)21-5-4-9(12,13)14/h6H,2-5H2,1H3,(H2,18,19). The van der Waals surface area contributed by atoms with Gasteiger partial charge in [0.1, 0.15) is 5.25 Å². The fourth-order valence-electron chi connectivity index (χ4n) is 1.33. The van der Waals surface area contributed by atoms with Gasteiger partial charge in [0, 0.05) is 5.75 Å². The molecule has 2 atom stereocenters. The molecule has 0 aromatic carbocycles. The van der Waals surface area contributed by atoms with Crippen LogP contribution in [0.4, 0.5) is 26.3 Å². The van der Waals surface area contributed by atoms with Gasteiger partial charge < -0.3 is 5.73 Å². The van der Waals surface area contributed by atoms with Gasteiger partial charge >= 0.3 is 12.4 Å². The maximum Gasteiger partial charge on any atom is 0.400 e. The maximum absolute atomic E-state index is 12.6. The first-order valence-electron chi connectivity index (χ1n) is 5.61. The highest BCUT2D eigenvalue weighted by Gasteiger charge is 2.43. The lowest BCUT2D eigenvalue weighted by molar-refractivity contribution is -0.131. The van der Waals surface area contributed by atoms with E-state index in [2.05, 4.69) is 0 Å². The van der Waals surface area contributed by atoms with Gasteiger partial charge in [-0.15, -0.1) is 11.8 Å². The van der Waals surface area contributed by atoms with Gasteiger partial charge in [0.05, 0.1) is 6.42 Å². The smallest absolute Gasteiger partial charge is 0.367 e. The Labute approximate surface area is 131 Å². The highest BCUT2D eigenvalue weighted by atomic mass is 35.5. The minimum atomic E-state index is -4.48. The van der Waals surface area contributed by atoms with Crippen LogP contribution in [0.3, 0.4) is 0 Å². The second kappa shape index (κ2) is 8.05. The van der Waals surface area contributed by atoms with E-state index in [9.17, 15) is 31.1 Å². The lowest BCUT2D eigenvalue weighted by Crippen LogP contribution is -2.38. The lowest BCUT2D eigenvalue weighted by atomic mass is 10.1. The van der Waals surface area contributed by atoms with Crippen molar-refractivity contribution in [3.8, 4) is 0 Å². The molecule has 0 aromatic heterocycles. The van der Waals surface area contributed by atoms with Crippen LogP contribution in [0.5, 0.6) is 0 Å². The Hall–Kier alpha value is 0.0400. The second-order valence-electron chi connectivity index (χ2n) is 4.11. The molecule has 1 amide bonds. The molecule has 126 valence electrons. The van der Waals surface area contributed by atoms with E-state index >= 15 is 0 Å². The Morgan fingerprint density at radius 2 is 1.71 bits per heavy atom. The number of primary amides is 1. The van der Waals surface area contributed by atoms with Gasteiger partial charge in [0.25, 0.3) is 0 Å². The average molecular weight is 378 g/mol. The summed E-state index contributed by atoms with van der Waals surface area (Å²) in [6, 6.07) is 0. The zero-order chi connectivity index (χ0) is 16.9. The molecule has 0 spiro atoms. The van der Waals surface area contributed by atoms with Crippen molar-refractivity contribution in [1.82, 2.24) is 0 Å². The van der Waals surface area contributed by atoms with Gasteiger partial charge in [0.2, 0.25) is 5.91 Å². The number of amides is 1. The monoisotopic (exact) mass is 377 g/mol. The van der Waals surface area contributed by atoms with Crippen LogP contribution in [-0.2, 0) is 4.79 Å². The van der Waals surface area contributed by atoms with Crippen molar-refractivity contribution in [1.29, 1.82) is 0 Å². The van der Waals surface area contributed by atoms with E-state index in [0.29, 0.717) is 23.5 Å². The first-order valence-corrected chi connectivity index (χ1v) is 8.26. The molecule has 0 fully saturated rings. The molecule has 0 radical (unpaired) electrons. The summed E-state index contributed by atoms with van der Waals surface area (Å²) in [6.07, 6.45) is -9.84. The third-order valence-electron chi connectivity index (χ3n) is 2.46. The highest BCUT2D eigenvalue weighted by Crippen LogP contribution is 2.40. The Kier molecular flexibility index (Phi) is 8.07. The zero-order valence-electron chi connectivity index (χ0n) is 10.9. The van der Waals surface area contributed by atoms with Gasteiger partial charge in [-0.2, -0.15) is 38.1 Å². The molecule has 0 aromatic rings. The molecule has 2 N–H and O–H groups in total. The number of halogens is 7. The van der Waals surface area contributed by atoms with Crippen LogP contribution in [0.25, 0.3) is 0 Å². The normalized spacial score (nSPS) is 17.3. The maximum atomic E-state index is 12.6. The third-order valence-corrected chi connectivity index (χ3v) is 5.51. The molecule has 2 nitrogen and oxygen atoms in total. The summed E-state index contributed by atoms with van der Waals surface area (Å²) in [5, 5.41) is -1.75. The first-order chi connectivity index (χ1) is 9.32. The minimum Gasteiger partial charge on any atom is -0.367 e. The van der Waals surface area contributed by atoms with E-state index in [1.165, 1.54) is 6.26 Å². The Bertz CT molecular complexity index is 351. The van der Waals surface area contributed by atoms with E-state index in [0.717, 1.165) is 0 Å². The summed E-state index contributed by atoms with van der Waals surface area (Å²) in [5.41, 5.74) is 5.00. The number of alkyl halides is 7. The first kappa shape index (κ1) is 21.0. The molecular weight excluding hydrogens is 364 g/mol. The predicted molar refractivity (Wildman–Crippen MR) is 73.5 cm³/mol. The van der Waals surface area contributed by atoms with Gasteiger partial charge in [0.15, 0.2) is 4.21 Å². The largest absolute Gasteiger partial charge is 0.400 e. The Morgan fingerprint density at radius 1 is 1.19 bits per heavy atom. The van der Waals surface area contributed by atoms with Crippen LogP contribution >= 0.6 is 35.1 Å². The SMILES string of the molecule is CSC(CCC(Cl)(SCCC(F)(F)F)C(N)=O)C(F)(F)F. The summed E-state index contributed by atoms with van der Waals surface area (Å²) in [7, 11) is 0. The van der Waals surface area contributed by atoms with Crippen molar-refractivity contribution < 1.29 is 31.1 Å². The van der Waals surface area contributed by atoms with E-state index in [1.54, 1.807) is 0 Å². The fourth-order valence-corrected chi connectivity index (χ4v) is 3.35. The number of hydrogen-bond acceptors (Lipinski definition) is 3. The summed E-state index contributed by atoms with van der Waals surface area (Å²) < 4.78 is 71.8. The van der Waals surface area contributed by atoms with Crippen LogP contribution < -0.4 is 5.73 Å². The topological polar surface area (TPSA) is 43.1 Å². The van der Waals surface area contributed by atoms with Crippen LogP contribution in [0, 0.1) is 0 Å². The molecule has 0 bridgehead atoms. The summed E-state index contributed by atoms with van der Waals surface area (Å²) in [5.74, 6) is -1.69. The highest BCUT2D eigenvalue weighted by molar-refractivity contribution is 8.02. The summed E-state index contributed by atoms with van der Waals surface area (Å²) >= 11 is 6.75. The quantitative estimate of drug-likeness (QED) is 0.510. The number of rotatable bonds is 8. The van der Waals surface area contributed by atoms with Crippen molar-refractivity contribution in [3.63, 3.8) is 0 Å². The molecule has 2 unspecified atom stereocenters. The molecule has 0 aliphatic carbocycles. The molecule has 0 saturated heterocycles. The minimum absolute atomic E-state index is 0.416. The zero-order valence-corrected chi connectivity index (χ0v) is 13.2. The van der Waals surface area contributed by atoms with Crippen molar-refractivity contribution in [2.45, 2.75) is 41.1 Å². The molecule has 0 rings (SSSR count). The number of carbonyl (C=O) groups excluding carboxylic acids is 1. The Morgan fingerprint density at radius 3 is 2.05 bits per heavy atom. The van der Waals surface area contributed by atoms with Gasteiger partial charge in [-0.1, -0.05) is 11.6 Å². The number of nitrogens with two attached hydrogens (primary N) is 1. The number of thioether (sulfide) groups is 2. The molecule has 0 saturated carbocycles. The molecule has 0 aliphatic rings. The van der Waals surface area contributed by atoms with E-state index in [1.807, 2.05) is 0 Å². The van der Waals surface area contributed by atoms with Crippen LogP contribution in [0.15, 0.2) is 0 Å². The van der Waals surface area contributed by atoms with E-state index < -0.39 is 52.7 Å². The van der Waals surface area contributed by atoms with Crippen LogP contribution in [-0.4, -0.2) is 39.7 Å². The summed E-state index contributed by atoms with van der Waals surface area (Å²) in [4.78, 5) is 11.2. The van der Waals surface area contributed by atoms with Crippen LogP contribution in [0.1, 0.15) is 19.3 Å². The van der Waals surface area contributed by atoms with Gasteiger partial charge in [-0.25, -0.2) is 0 Å². The van der Waals surface area contributed by atoms with Crippen molar-refractivity contribution in [2.24, 2.45) is 5.73 Å². The van der Waals surface area contributed by atoms with Crippen molar-refractivity contribution in [3.05, 3.63) is 0 Å². The molecule has 21 heavy (non-hydrogen) atoms. The molecular formula is C10H14ClF6NOS2. The van der Waals surface area contributed by atoms with Crippen LogP contribution in [0.2, 0.25) is 0 Å². The number of hydrogen-bond donors (Lipinski definition) is 1. The molecule has 0 heterocycles. The average Bonchev–Trinajstić information content (AvgIpc) is 2.25. The van der Waals surface area contributed by atoms with Crippen molar-refractivity contribution >= 4 is 41.0 Å². The third kappa shape index (κ3) is 8.29. The van der Waals surface area contributed by atoms with E-state index in [4.69, 9.17) is 17.3 Å². The predicted octanol–water partition coefficient (Wildman–Crippen LogP) is 4.17. The number of carbonyl (C=O) groups is 1. The Balaban J connectivity index is 4.63. The second-order valence-corrected chi connectivity index (χ2v) is 7.41. The molecule has 0 aliphatic heterocycles. The molecule has 11 heteroatoms. The van der Waals surface area contributed by atoms with E-state index in [-0.39, 0.29) is 0 Å².